The molecule has 1 nitrogen and oxygen atoms in total. The predicted octanol–water partition coefficient (Wildman–Crippen LogP) is 2.93. The third-order valence-corrected chi connectivity index (χ3v) is 2.34. The smallest absolute Gasteiger partial charge is 0.0963 e. The van der Waals surface area contributed by atoms with Gasteiger partial charge in [-0.15, -0.1) is 11.8 Å². The largest absolute Gasteiger partial charge is 0.250 e. The van der Waals surface area contributed by atoms with Crippen molar-refractivity contribution < 1.29 is 0 Å². The minimum atomic E-state index is 0.653. The van der Waals surface area contributed by atoms with Crippen molar-refractivity contribution in [2.45, 2.75) is 5.03 Å². The van der Waals surface area contributed by atoms with Crippen LogP contribution in [0.2, 0.25) is 0 Å². The van der Waals surface area contributed by atoms with Gasteiger partial charge in [-0.1, -0.05) is 24.2 Å². The highest BCUT2D eigenvalue weighted by molar-refractivity contribution is 7.99. The molecule has 3 heteroatoms. The second-order valence-corrected chi connectivity index (χ2v) is 3.50. The molecule has 0 unspecified atom stereocenters. The Morgan fingerprint density at radius 2 is 2.45 bits per heavy atom. The van der Waals surface area contributed by atoms with Gasteiger partial charge in [0.2, 0.25) is 0 Å². The van der Waals surface area contributed by atoms with E-state index in [9.17, 15) is 0 Å². The van der Waals surface area contributed by atoms with E-state index in [1.54, 1.807) is 18.0 Å². The van der Waals surface area contributed by atoms with Crippen LogP contribution in [0, 0.1) is 0 Å². The number of rotatable bonds is 3. The summed E-state index contributed by atoms with van der Waals surface area (Å²) in [7, 11) is 0. The Kier molecular flexibility index (Phi) is 3.46. The van der Waals surface area contributed by atoms with Crippen molar-refractivity contribution >= 4 is 23.4 Å². The number of halogens is 1. The molecule has 0 spiro atoms. The molecule has 0 fully saturated rings. The molecule has 0 bridgehead atoms. The Labute approximate surface area is 75.5 Å². The summed E-state index contributed by atoms with van der Waals surface area (Å²) in [6, 6.07) is 5.79. The summed E-state index contributed by atoms with van der Waals surface area (Å²) in [4.78, 5) is 4.11. The molecule has 0 aliphatic rings. The van der Waals surface area contributed by atoms with Crippen LogP contribution in [0.15, 0.2) is 41.0 Å². The summed E-state index contributed by atoms with van der Waals surface area (Å²) >= 11 is 7.17. The molecule has 0 radical (unpaired) electrons. The standard InChI is InChI=1S/C8H8ClNS/c1-7(9)6-11-8-4-2-3-5-10-8/h2-5H,1,6H2. The normalized spacial score (nSPS) is 9.55. The minimum Gasteiger partial charge on any atom is -0.250 e. The monoisotopic (exact) mass is 185 g/mol. The molecule has 0 amide bonds. The minimum absolute atomic E-state index is 0.653. The fraction of sp³-hybridized carbons (Fsp3) is 0.125. The van der Waals surface area contributed by atoms with E-state index in [4.69, 9.17) is 11.6 Å². The van der Waals surface area contributed by atoms with Gasteiger partial charge in [0.25, 0.3) is 0 Å². The zero-order chi connectivity index (χ0) is 8.10. The first-order valence-electron chi connectivity index (χ1n) is 3.16. The van der Waals surface area contributed by atoms with Crippen LogP contribution in [0.1, 0.15) is 0 Å². The lowest BCUT2D eigenvalue weighted by Crippen LogP contribution is -1.79. The quantitative estimate of drug-likeness (QED) is 0.672. The number of nitrogens with zero attached hydrogens (tertiary/aromatic N) is 1. The molecule has 1 rings (SSSR count). The summed E-state index contributed by atoms with van der Waals surface area (Å²) < 4.78 is 0. The lowest BCUT2D eigenvalue weighted by atomic mass is 10.5. The zero-order valence-electron chi connectivity index (χ0n) is 5.96. The molecular formula is C8H8ClNS. The molecule has 1 heterocycles. The molecule has 0 aliphatic carbocycles. The van der Waals surface area contributed by atoms with E-state index < -0.39 is 0 Å². The van der Waals surface area contributed by atoms with Crippen molar-refractivity contribution in [3.8, 4) is 0 Å². The second-order valence-electron chi connectivity index (χ2n) is 1.97. The van der Waals surface area contributed by atoms with Gasteiger partial charge in [0, 0.05) is 17.0 Å². The Morgan fingerprint density at radius 3 is 3.00 bits per heavy atom. The number of aromatic nitrogens is 1. The van der Waals surface area contributed by atoms with Crippen LogP contribution in [0.4, 0.5) is 0 Å². The lowest BCUT2D eigenvalue weighted by molar-refractivity contribution is 1.14. The van der Waals surface area contributed by atoms with Gasteiger partial charge in [-0.2, -0.15) is 0 Å². The summed E-state index contributed by atoms with van der Waals surface area (Å²) in [5.74, 6) is 0.721. The Morgan fingerprint density at radius 1 is 1.64 bits per heavy atom. The topological polar surface area (TPSA) is 12.9 Å². The molecular weight excluding hydrogens is 178 g/mol. The van der Waals surface area contributed by atoms with Gasteiger partial charge >= 0.3 is 0 Å². The summed E-state index contributed by atoms with van der Waals surface area (Å²) in [5.41, 5.74) is 0. The highest BCUT2D eigenvalue weighted by atomic mass is 35.5. The lowest BCUT2D eigenvalue weighted by Gasteiger charge is -1.96. The van der Waals surface area contributed by atoms with Crippen LogP contribution in [0.5, 0.6) is 0 Å². The van der Waals surface area contributed by atoms with Gasteiger partial charge in [0.15, 0.2) is 0 Å². The van der Waals surface area contributed by atoms with Crippen LogP contribution >= 0.6 is 23.4 Å². The van der Waals surface area contributed by atoms with Gasteiger partial charge in [0.1, 0.15) is 0 Å². The van der Waals surface area contributed by atoms with Gasteiger partial charge in [-0.05, 0) is 12.1 Å². The van der Waals surface area contributed by atoms with E-state index in [0.29, 0.717) is 5.03 Å². The number of hydrogen-bond acceptors (Lipinski definition) is 2. The molecule has 0 saturated heterocycles. The van der Waals surface area contributed by atoms with E-state index in [0.717, 1.165) is 10.8 Å². The average Bonchev–Trinajstić information content (AvgIpc) is 2.03. The van der Waals surface area contributed by atoms with E-state index in [2.05, 4.69) is 11.6 Å². The number of thioether (sulfide) groups is 1. The van der Waals surface area contributed by atoms with E-state index in [1.807, 2.05) is 18.2 Å². The average molecular weight is 186 g/mol. The van der Waals surface area contributed by atoms with E-state index >= 15 is 0 Å². The van der Waals surface area contributed by atoms with Gasteiger partial charge in [0.05, 0.1) is 5.03 Å². The highest BCUT2D eigenvalue weighted by Crippen LogP contribution is 2.17. The summed E-state index contributed by atoms with van der Waals surface area (Å²) in [6.07, 6.45) is 1.76. The molecule has 0 aromatic carbocycles. The van der Waals surface area contributed by atoms with Crippen LogP contribution in [-0.2, 0) is 0 Å². The van der Waals surface area contributed by atoms with Crippen LogP contribution in [-0.4, -0.2) is 10.7 Å². The number of hydrogen-bond donors (Lipinski definition) is 0. The van der Waals surface area contributed by atoms with Crippen molar-refractivity contribution in [3.63, 3.8) is 0 Å². The maximum Gasteiger partial charge on any atom is 0.0963 e. The molecule has 1 aromatic heterocycles. The summed E-state index contributed by atoms with van der Waals surface area (Å²) in [5, 5.41) is 1.63. The maximum absolute atomic E-state index is 5.58. The molecule has 1 aromatic rings. The predicted molar refractivity (Wildman–Crippen MR) is 50.0 cm³/mol. The molecule has 11 heavy (non-hydrogen) atoms. The van der Waals surface area contributed by atoms with Crippen molar-refractivity contribution in [2.75, 3.05) is 5.75 Å². The van der Waals surface area contributed by atoms with Crippen molar-refractivity contribution in [2.24, 2.45) is 0 Å². The first kappa shape index (κ1) is 8.62. The fourth-order valence-corrected chi connectivity index (χ4v) is 1.36. The third-order valence-electron chi connectivity index (χ3n) is 1.01. The van der Waals surface area contributed by atoms with Crippen LogP contribution in [0.25, 0.3) is 0 Å². The van der Waals surface area contributed by atoms with Crippen LogP contribution < -0.4 is 0 Å². The van der Waals surface area contributed by atoms with Gasteiger partial charge < -0.3 is 0 Å². The molecule has 0 N–H and O–H groups in total. The zero-order valence-corrected chi connectivity index (χ0v) is 7.53. The Bertz CT molecular complexity index is 235. The molecule has 58 valence electrons. The van der Waals surface area contributed by atoms with E-state index in [-0.39, 0.29) is 0 Å². The summed E-state index contributed by atoms with van der Waals surface area (Å²) in [6.45, 7) is 3.59. The Hall–Kier alpha value is -0.470. The van der Waals surface area contributed by atoms with Crippen molar-refractivity contribution in [1.29, 1.82) is 0 Å². The SMILES string of the molecule is C=C(Cl)CSc1ccccn1. The first-order chi connectivity index (χ1) is 5.29. The molecule has 0 saturated carbocycles. The fourth-order valence-electron chi connectivity index (χ4n) is 0.585. The van der Waals surface area contributed by atoms with Crippen LogP contribution in [0.3, 0.4) is 0 Å². The highest BCUT2D eigenvalue weighted by Gasteiger charge is 1.93. The Balaban J connectivity index is 2.45. The maximum atomic E-state index is 5.58. The van der Waals surface area contributed by atoms with Crippen molar-refractivity contribution in [3.05, 3.63) is 36.0 Å². The van der Waals surface area contributed by atoms with Gasteiger partial charge in [-0.25, -0.2) is 4.98 Å². The molecule has 0 atom stereocenters. The first-order valence-corrected chi connectivity index (χ1v) is 4.52. The van der Waals surface area contributed by atoms with E-state index in [1.165, 1.54) is 0 Å². The third kappa shape index (κ3) is 3.44. The molecule has 0 aliphatic heterocycles. The second kappa shape index (κ2) is 4.42. The van der Waals surface area contributed by atoms with Gasteiger partial charge in [-0.3, -0.25) is 0 Å². The van der Waals surface area contributed by atoms with Crippen molar-refractivity contribution in [1.82, 2.24) is 4.98 Å². The number of pyridine rings is 1.